The number of aryl methyl sites for hydroxylation is 1. The van der Waals surface area contributed by atoms with Gasteiger partial charge in [0.15, 0.2) is 0 Å². The number of nitrogen functional groups attached to an aromatic ring is 1. The number of fused-ring (bicyclic) bond motifs is 3. The lowest BCUT2D eigenvalue weighted by Crippen LogP contribution is -2.36. The van der Waals surface area contributed by atoms with Gasteiger partial charge in [-0.1, -0.05) is 24.3 Å². The first-order valence-corrected chi connectivity index (χ1v) is 9.40. The van der Waals surface area contributed by atoms with Crippen LogP contribution in [0.4, 0.5) is 11.8 Å². The Labute approximate surface area is 149 Å². The highest BCUT2D eigenvalue weighted by atomic mass is 15.2. The zero-order valence-electron chi connectivity index (χ0n) is 15.0. The molecule has 2 N–H and O–H groups in total. The van der Waals surface area contributed by atoms with Gasteiger partial charge in [-0.15, -0.1) is 0 Å². The molecule has 0 amide bonds. The van der Waals surface area contributed by atoms with Crippen LogP contribution in [-0.2, 0) is 12.8 Å². The summed E-state index contributed by atoms with van der Waals surface area (Å²) in [4.78, 5) is 14.2. The van der Waals surface area contributed by atoms with Crippen LogP contribution in [0.3, 0.4) is 0 Å². The largest absolute Gasteiger partial charge is 0.368 e. The van der Waals surface area contributed by atoms with Crippen molar-refractivity contribution in [2.75, 3.05) is 43.9 Å². The maximum atomic E-state index is 6.13. The fraction of sp³-hybridized carbons (Fsp3) is 0.500. The van der Waals surface area contributed by atoms with E-state index in [1.54, 1.807) is 0 Å². The van der Waals surface area contributed by atoms with E-state index < -0.39 is 0 Å². The van der Waals surface area contributed by atoms with E-state index >= 15 is 0 Å². The third kappa shape index (κ3) is 3.33. The van der Waals surface area contributed by atoms with Crippen LogP contribution in [0.1, 0.15) is 30.4 Å². The quantitative estimate of drug-likeness (QED) is 0.867. The van der Waals surface area contributed by atoms with E-state index in [9.17, 15) is 0 Å². The van der Waals surface area contributed by atoms with E-state index in [-0.39, 0.29) is 0 Å². The third-order valence-corrected chi connectivity index (χ3v) is 5.38. The van der Waals surface area contributed by atoms with E-state index in [2.05, 4.69) is 46.1 Å². The molecule has 1 aromatic carbocycles. The average molecular weight is 337 g/mol. The summed E-state index contributed by atoms with van der Waals surface area (Å²) < 4.78 is 0. The van der Waals surface area contributed by atoms with Gasteiger partial charge < -0.3 is 15.5 Å². The molecule has 5 nitrogen and oxygen atoms in total. The Balaban J connectivity index is 1.76. The minimum atomic E-state index is 0.393. The molecule has 4 rings (SSSR count). The molecular formula is C20H27N5. The summed E-state index contributed by atoms with van der Waals surface area (Å²) in [7, 11) is 2.21. The van der Waals surface area contributed by atoms with E-state index in [1.165, 1.54) is 16.7 Å². The van der Waals surface area contributed by atoms with Crippen LogP contribution in [0.2, 0.25) is 0 Å². The van der Waals surface area contributed by atoms with Crippen LogP contribution in [0.5, 0.6) is 0 Å². The summed E-state index contributed by atoms with van der Waals surface area (Å²) >= 11 is 0. The molecular weight excluding hydrogens is 310 g/mol. The summed E-state index contributed by atoms with van der Waals surface area (Å²) in [5, 5.41) is 0. The summed E-state index contributed by atoms with van der Waals surface area (Å²) in [5.41, 5.74) is 11.1. The number of benzene rings is 1. The van der Waals surface area contributed by atoms with E-state index in [0.29, 0.717) is 5.95 Å². The van der Waals surface area contributed by atoms with Crippen molar-refractivity contribution in [3.8, 4) is 11.3 Å². The Morgan fingerprint density at radius 1 is 0.920 bits per heavy atom. The molecule has 25 heavy (non-hydrogen) atoms. The summed E-state index contributed by atoms with van der Waals surface area (Å²) in [6.07, 6.45) is 5.57. The second-order valence-corrected chi connectivity index (χ2v) is 7.24. The lowest BCUT2D eigenvalue weighted by Gasteiger charge is -2.31. The van der Waals surface area contributed by atoms with Crippen molar-refractivity contribution in [3.05, 3.63) is 35.4 Å². The summed E-state index contributed by atoms with van der Waals surface area (Å²) in [5.74, 6) is 1.47. The third-order valence-electron chi connectivity index (χ3n) is 5.38. The Bertz CT molecular complexity index is 748. The fourth-order valence-corrected chi connectivity index (χ4v) is 4.13. The number of hydrogen-bond acceptors (Lipinski definition) is 5. The highest BCUT2D eigenvalue weighted by molar-refractivity contribution is 5.74. The maximum Gasteiger partial charge on any atom is 0.222 e. The van der Waals surface area contributed by atoms with E-state index in [1.807, 2.05) is 0 Å². The second-order valence-electron chi connectivity index (χ2n) is 7.24. The molecule has 1 aromatic heterocycles. The van der Waals surface area contributed by atoms with Gasteiger partial charge in [-0.05, 0) is 57.8 Å². The van der Waals surface area contributed by atoms with Crippen molar-refractivity contribution < 1.29 is 0 Å². The van der Waals surface area contributed by atoms with Gasteiger partial charge in [-0.25, -0.2) is 4.98 Å². The van der Waals surface area contributed by atoms with Gasteiger partial charge in [0.1, 0.15) is 5.82 Å². The normalized spacial score (nSPS) is 18.7. The van der Waals surface area contributed by atoms with Crippen LogP contribution < -0.4 is 10.6 Å². The molecule has 1 saturated heterocycles. The molecule has 0 bridgehead atoms. The molecule has 1 aliphatic heterocycles. The number of aromatic nitrogens is 2. The van der Waals surface area contributed by atoms with Crippen molar-refractivity contribution in [2.24, 2.45) is 0 Å². The molecule has 2 aromatic rings. The molecule has 2 aliphatic rings. The molecule has 0 radical (unpaired) electrons. The highest BCUT2D eigenvalue weighted by Crippen LogP contribution is 2.36. The first-order chi connectivity index (χ1) is 12.2. The predicted molar refractivity (Wildman–Crippen MR) is 103 cm³/mol. The minimum Gasteiger partial charge on any atom is -0.368 e. The highest BCUT2D eigenvalue weighted by Gasteiger charge is 2.23. The standard InChI is InChI=1S/C20H27N5/c1-24-11-5-13-25(14-6-12-24)19-17-10-4-8-15-7-2-3-9-16(15)18(17)22-20(21)23-19/h2-3,7,9H,4-6,8,10-14H2,1H3,(H2,21,22,23). The fourth-order valence-electron chi connectivity index (χ4n) is 4.13. The number of rotatable bonds is 1. The van der Waals surface area contributed by atoms with Crippen LogP contribution in [0.25, 0.3) is 11.3 Å². The van der Waals surface area contributed by atoms with Gasteiger partial charge in [-0.3, -0.25) is 0 Å². The molecule has 0 atom stereocenters. The Kier molecular flexibility index (Phi) is 4.57. The lowest BCUT2D eigenvalue weighted by molar-refractivity contribution is 0.313. The summed E-state index contributed by atoms with van der Waals surface area (Å²) in [6.45, 7) is 4.36. The van der Waals surface area contributed by atoms with Gasteiger partial charge in [0.25, 0.3) is 0 Å². The molecule has 132 valence electrons. The van der Waals surface area contributed by atoms with Gasteiger partial charge in [0.2, 0.25) is 5.95 Å². The minimum absolute atomic E-state index is 0.393. The van der Waals surface area contributed by atoms with E-state index in [4.69, 9.17) is 10.7 Å². The average Bonchev–Trinajstić information content (AvgIpc) is 2.77. The molecule has 1 aliphatic carbocycles. The van der Waals surface area contributed by atoms with Crippen molar-refractivity contribution in [3.63, 3.8) is 0 Å². The SMILES string of the molecule is CN1CCCN(c2nc(N)nc3c2CCCc2ccccc2-3)CCC1. The summed E-state index contributed by atoms with van der Waals surface area (Å²) in [6, 6.07) is 8.61. The van der Waals surface area contributed by atoms with Crippen molar-refractivity contribution in [1.82, 2.24) is 14.9 Å². The Hall–Kier alpha value is -2.14. The first-order valence-electron chi connectivity index (χ1n) is 9.40. The van der Waals surface area contributed by atoms with Crippen LogP contribution >= 0.6 is 0 Å². The smallest absolute Gasteiger partial charge is 0.222 e. The molecule has 1 fully saturated rings. The Morgan fingerprint density at radius 3 is 2.48 bits per heavy atom. The number of nitrogens with two attached hydrogens (primary N) is 1. The van der Waals surface area contributed by atoms with Gasteiger partial charge >= 0.3 is 0 Å². The van der Waals surface area contributed by atoms with Crippen molar-refractivity contribution in [1.29, 1.82) is 0 Å². The zero-order valence-corrected chi connectivity index (χ0v) is 15.0. The monoisotopic (exact) mass is 337 g/mol. The van der Waals surface area contributed by atoms with Crippen LogP contribution in [0, 0.1) is 0 Å². The first kappa shape index (κ1) is 16.3. The predicted octanol–water partition coefficient (Wildman–Crippen LogP) is 2.75. The molecule has 0 spiro atoms. The van der Waals surface area contributed by atoms with Gasteiger partial charge in [0.05, 0.1) is 5.69 Å². The van der Waals surface area contributed by atoms with E-state index in [0.717, 1.165) is 69.8 Å². The Morgan fingerprint density at radius 2 is 1.68 bits per heavy atom. The van der Waals surface area contributed by atoms with Crippen LogP contribution in [-0.4, -0.2) is 48.1 Å². The molecule has 0 saturated carbocycles. The zero-order chi connectivity index (χ0) is 17.2. The van der Waals surface area contributed by atoms with Gasteiger partial charge in [-0.2, -0.15) is 4.98 Å². The van der Waals surface area contributed by atoms with Crippen LogP contribution in [0.15, 0.2) is 24.3 Å². The molecule has 2 heterocycles. The van der Waals surface area contributed by atoms with Crippen molar-refractivity contribution >= 4 is 11.8 Å². The lowest BCUT2D eigenvalue weighted by atomic mass is 10.0. The second kappa shape index (κ2) is 7.00. The number of hydrogen-bond donors (Lipinski definition) is 1. The number of nitrogens with zero attached hydrogens (tertiary/aromatic N) is 4. The maximum absolute atomic E-state index is 6.13. The van der Waals surface area contributed by atoms with Crippen molar-refractivity contribution in [2.45, 2.75) is 32.1 Å². The topological polar surface area (TPSA) is 58.3 Å². The molecule has 0 unspecified atom stereocenters. The number of anilines is 2. The van der Waals surface area contributed by atoms with Gasteiger partial charge in [0, 0.05) is 24.2 Å². The molecule has 5 heteroatoms.